The van der Waals surface area contributed by atoms with Gasteiger partial charge in [0, 0.05) is 11.8 Å². The molecule has 1 N–H and O–H groups in total. The van der Waals surface area contributed by atoms with Crippen LogP contribution in [0.15, 0.2) is 47.1 Å². The highest BCUT2D eigenvalue weighted by molar-refractivity contribution is 6.06. The molecule has 0 saturated carbocycles. The quantitative estimate of drug-likeness (QED) is 0.485. The third kappa shape index (κ3) is 2.67. The fraction of sp³-hybridized carbons (Fsp3) is 0. The fourth-order valence-electron chi connectivity index (χ4n) is 1.25. The molecule has 0 atom stereocenters. The van der Waals surface area contributed by atoms with Crippen molar-refractivity contribution in [1.29, 1.82) is 0 Å². The van der Waals surface area contributed by atoms with Gasteiger partial charge in [-0.05, 0) is 6.08 Å². The van der Waals surface area contributed by atoms with Gasteiger partial charge in [0.05, 0.1) is 0 Å². The SMILES string of the molecule is O=C/C=C\Nc1nc(C(=O)c2ccccc2)no1. The van der Waals surface area contributed by atoms with E-state index in [2.05, 4.69) is 15.5 Å². The summed E-state index contributed by atoms with van der Waals surface area (Å²) in [5, 5.41) is 6.12. The van der Waals surface area contributed by atoms with E-state index in [0.717, 1.165) is 0 Å². The van der Waals surface area contributed by atoms with Crippen LogP contribution >= 0.6 is 0 Å². The van der Waals surface area contributed by atoms with E-state index in [1.807, 2.05) is 6.07 Å². The van der Waals surface area contributed by atoms with Crippen molar-refractivity contribution in [2.45, 2.75) is 0 Å². The monoisotopic (exact) mass is 243 g/mol. The van der Waals surface area contributed by atoms with Crippen LogP contribution in [0.4, 0.5) is 6.01 Å². The minimum Gasteiger partial charge on any atom is -0.315 e. The zero-order chi connectivity index (χ0) is 12.8. The Balaban J connectivity index is 2.13. The zero-order valence-corrected chi connectivity index (χ0v) is 9.24. The van der Waals surface area contributed by atoms with E-state index in [9.17, 15) is 9.59 Å². The summed E-state index contributed by atoms with van der Waals surface area (Å²) in [6.45, 7) is 0. The van der Waals surface area contributed by atoms with Crippen molar-refractivity contribution < 1.29 is 14.1 Å². The Morgan fingerprint density at radius 2 is 2.06 bits per heavy atom. The Kier molecular flexibility index (Phi) is 3.60. The highest BCUT2D eigenvalue weighted by Crippen LogP contribution is 2.09. The molecule has 2 rings (SSSR count). The number of carbonyl (C=O) groups excluding carboxylic acids is 2. The molecule has 2 aromatic rings. The van der Waals surface area contributed by atoms with Crippen LogP contribution in [-0.2, 0) is 4.79 Å². The number of nitrogens with one attached hydrogen (secondary N) is 1. The van der Waals surface area contributed by atoms with Crippen LogP contribution in [0, 0.1) is 0 Å². The topological polar surface area (TPSA) is 85.1 Å². The van der Waals surface area contributed by atoms with E-state index >= 15 is 0 Å². The Morgan fingerprint density at radius 1 is 1.28 bits per heavy atom. The summed E-state index contributed by atoms with van der Waals surface area (Å²) in [6.07, 6.45) is 3.15. The highest BCUT2D eigenvalue weighted by Gasteiger charge is 2.15. The lowest BCUT2D eigenvalue weighted by molar-refractivity contribution is -0.104. The average molecular weight is 243 g/mol. The van der Waals surface area contributed by atoms with Crippen molar-refractivity contribution in [3.05, 3.63) is 54.0 Å². The maximum absolute atomic E-state index is 11.9. The standard InChI is InChI=1S/C12H9N3O3/c16-8-4-7-13-12-14-11(15-18-12)10(17)9-5-2-1-3-6-9/h1-8H,(H,13,14,15)/b7-4-. The van der Waals surface area contributed by atoms with Crippen molar-refractivity contribution in [3.8, 4) is 0 Å². The molecule has 0 fully saturated rings. The fourth-order valence-corrected chi connectivity index (χ4v) is 1.25. The summed E-state index contributed by atoms with van der Waals surface area (Å²) in [6, 6.07) is 8.69. The number of hydrogen-bond donors (Lipinski definition) is 1. The van der Waals surface area contributed by atoms with E-state index in [0.29, 0.717) is 11.8 Å². The lowest BCUT2D eigenvalue weighted by Gasteiger charge is -1.93. The van der Waals surface area contributed by atoms with Gasteiger partial charge in [0.2, 0.25) is 11.6 Å². The van der Waals surface area contributed by atoms with Gasteiger partial charge in [-0.1, -0.05) is 35.5 Å². The number of allylic oxidation sites excluding steroid dienone is 1. The number of anilines is 1. The largest absolute Gasteiger partial charge is 0.325 e. The maximum atomic E-state index is 11.9. The number of hydrogen-bond acceptors (Lipinski definition) is 6. The number of benzene rings is 1. The molecule has 0 saturated heterocycles. The van der Waals surface area contributed by atoms with Crippen LogP contribution in [0.25, 0.3) is 0 Å². The first-order chi connectivity index (χ1) is 8.81. The molecule has 0 aliphatic heterocycles. The molecular weight excluding hydrogens is 234 g/mol. The zero-order valence-electron chi connectivity index (χ0n) is 9.24. The molecule has 6 nitrogen and oxygen atoms in total. The Morgan fingerprint density at radius 3 is 2.78 bits per heavy atom. The minimum atomic E-state index is -0.327. The first kappa shape index (κ1) is 11.7. The molecule has 0 radical (unpaired) electrons. The smallest absolute Gasteiger partial charge is 0.315 e. The van der Waals surface area contributed by atoms with E-state index in [1.165, 1.54) is 12.3 Å². The first-order valence-corrected chi connectivity index (χ1v) is 5.11. The molecule has 0 bridgehead atoms. The third-order valence-electron chi connectivity index (χ3n) is 2.05. The predicted octanol–water partition coefficient (Wildman–Crippen LogP) is 1.43. The van der Waals surface area contributed by atoms with E-state index in [-0.39, 0.29) is 17.6 Å². The molecule has 1 heterocycles. The summed E-state index contributed by atoms with van der Waals surface area (Å²) in [5.41, 5.74) is 0.480. The number of nitrogens with zero attached hydrogens (tertiary/aromatic N) is 2. The summed E-state index contributed by atoms with van der Waals surface area (Å²) in [4.78, 5) is 25.8. The van der Waals surface area contributed by atoms with Gasteiger partial charge in [0.15, 0.2) is 0 Å². The number of ketones is 1. The van der Waals surface area contributed by atoms with Gasteiger partial charge in [-0.2, -0.15) is 4.98 Å². The van der Waals surface area contributed by atoms with Crippen molar-refractivity contribution >= 4 is 18.1 Å². The first-order valence-electron chi connectivity index (χ1n) is 5.11. The van der Waals surface area contributed by atoms with Gasteiger partial charge >= 0.3 is 6.01 Å². The molecule has 0 spiro atoms. The highest BCUT2D eigenvalue weighted by atomic mass is 16.5. The van der Waals surface area contributed by atoms with Crippen molar-refractivity contribution in [2.24, 2.45) is 0 Å². The van der Waals surface area contributed by atoms with Crippen LogP contribution in [0.1, 0.15) is 16.2 Å². The Bertz CT molecular complexity index is 575. The third-order valence-corrected chi connectivity index (χ3v) is 2.05. The number of carbonyl (C=O) groups is 2. The van der Waals surface area contributed by atoms with Gasteiger partial charge < -0.3 is 9.84 Å². The molecule has 0 amide bonds. The molecule has 18 heavy (non-hydrogen) atoms. The Labute approximate surface area is 102 Å². The van der Waals surface area contributed by atoms with Crippen molar-refractivity contribution in [1.82, 2.24) is 10.1 Å². The second kappa shape index (κ2) is 5.53. The van der Waals surface area contributed by atoms with Crippen LogP contribution in [0.2, 0.25) is 0 Å². The van der Waals surface area contributed by atoms with Crippen LogP contribution in [-0.4, -0.2) is 22.2 Å². The van der Waals surface area contributed by atoms with Crippen LogP contribution < -0.4 is 5.32 Å². The molecule has 0 aliphatic rings. The van der Waals surface area contributed by atoms with Gasteiger partial charge in [-0.25, -0.2) is 0 Å². The summed E-state index contributed by atoms with van der Waals surface area (Å²) < 4.78 is 4.79. The van der Waals surface area contributed by atoms with Crippen LogP contribution in [0.5, 0.6) is 0 Å². The number of aromatic nitrogens is 2. The van der Waals surface area contributed by atoms with Gasteiger partial charge in [0.1, 0.15) is 6.29 Å². The second-order valence-electron chi connectivity index (χ2n) is 3.26. The van der Waals surface area contributed by atoms with Gasteiger partial charge in [0.25, 0.3) is 0 Å². The normalized spacial score (nSPS) is 10.4. The van der Waals surface area contributed by atoms with Crippen molar-refractivity contribution in [2.75, 3.05) is 5.32 Å². The molecule has 6 heteroatoms. The Hall–Kier alpha value is -2.76. The lowest BCUT2D eigenvalue weighted by atomic mass is 10.1. The lowest BCUT2D eigenvalue weighted by Crippen LogP contribution is -2.03. The van der Waals surface area contributed by atoms with E-state index < -0.39 is 0 Å². The van der Waals surface area contributed by atoms with Gasteiger partial charge in [-0.15, -0.1) is 0 Å². The molecule has 0 unspecified atom stereocenters. The second-order valence-corrected chi connectivity index (χ2v) is 3.26. The molecule has 1 aromatic carbocycles. The summed E-state index contributed by atoms with van der Waals surface area (Å²) in [5.74, 6) is -0.366. The van der Waals surface area contributed by atoms with Crippen molar-refractivity contribution in [3.63, 3.8) is 0 Å². The van der Waals surface area contributed by atoms with Gasteiger partial charge in [-0.3, -0.25) is 9.59 Å². The summed E-state index contributed by atoms with van der Waals surface area (Å²) >= 11 is 0. The molecule has 1 aromatic heterocycles. The maximum Gasteiger partial charge on any atom is 0.325 e. The number of aldehydes is 1. The van der Waals surface area contributed by atoms with Crippen LogP contribution in [0.3, 0.4) is 0 Å². The summed E-state index contributed by atoms with van der Waals surface area (Å²) in [7, 11) is 0. The minimum absolute atomic E-state index is 0.0387. The molecule has 90 valence electrons. The number of rotatable bonds is 5. The average Bonchev–Trinajstić information content (AvgIpc) is 2.88. The van der Waals surface area contributed by atoms with E-state index in [4.69, 9.17) is 4.52 Å². The molecule has 0 aliphatic carbocycles. The predicted molar refractivity (Wildman–Crippen MR) is 63.0 cm³/mol. The van der Waals surface area contributed by atoms with E-state index in [1.54, 1.807) is 24.3 Å². The molecular formula is C12H9N3O3.